The van der Waals surface area contributed by atoms with Crippen LogP contribution in [-0.4, -0.2) is 91.3 Å². The maximum atomic E-state index is 12.0. The minimum absolute atomic E-state index is 0.00969. The van der Waals surface area contributed by atoms with E-state index in [0.717, 1.165) is 53.7 Å². The van der Waals surface area contributed by atoms with E-state index in [0.29, 0.717) is 62.4 Å². The summed E-state index contributed by atoms with van der Waals surface area (Å²) in [4.78, 5) is 3.34. The molecule has 2 aromatic rings. The van der Waals surface area contributed by atoms with Gasteiger partial charge in [-0.15, -0.1) is 0 Å². The van der Waals surface area contributed by atoms with Gasteiger partial charge in [-0.05, 0) is 98.2 Å². The third-order valence-electron chi connectivity index (χ3n) is 12.5. The monoisotopic (exact) mass is 791 g/mol. The summed E-state index contributed by atoms with van der Waals surface area (Å²) in [6.07, 6.45) is 9.77. The molecule has 10 N–H and O–H groups in total. The van der Waals surface area contributed by atoms with Crippen LogP contribution >= 0.6 is 21.6 Å². The van der Waals surface area contributed by atoms with Gasteiger partial charge in [0.15, 0.2) is 11.5 Å². The van der Waals surface area contributed by atoms with Crippen molar-refractivity contribution in [1.29, 1.82) is 0 Å². The smallest absolute Gasteiger partial charge is 0.161 e. The molecule has 0 radical (unpaired) electrons. The quantitative estimate of drug-likeness (QED) is 0.108. The average Bonchev–Trinajstić information content (AvgIpc) is 3.63. The Hall–Kier alpha value is -3.02. The van der Waals surface area contributed by atoms with E-state index in [9.17, 15) is 30.6 Å². The van der Waals surface area contributed by atoms with Gasteiger partial charge in [0.05, 0.1) is 18.3 Å². The van der Waals surface area contributed by atoms with Crippen LogP contribution in [0, 0.1) is 41.4 Å². The van der Waals surface area contributed by atoms with Crippen molar-refractivity contribution in [3.8, 4) is 23.3 Å². The highest BCUT2D eigenvalue weighted by molar-refractivity contribution is 8.76. The zero-order valence-electron chi connectivity index (χ0n) is 31.4. The number of aromatic amines is 1. The van der Waals surface area contributed by atoms with Crippen LogP contribution in [0.25, 0.3) is 0 Å². The third kappa shape index (κ3) is 9.25. The number of aromatic nitrogens is 1. The van der Waals surface area contributed by atoms with E-state index in [4.69, 9.17) is 10.5 Å². The minimum atomic E-state index is -1.03. The van der Waals surface area contributed by atoms with Gasteiger partial charge in [0.1, 0.15) is 11.9 Å². The molecule has 0 saturated carbocycles. The number of allylic oxidation sites excluding steroid dienone is 3. The van der Waals surface area contributed by atoms with Crippen molar-refractivity contribution < 1.29 is 35.4 Å². The Morgan fingerprint density at radius 2 is 1.85 bits per heavy atom. The Morgan fingerprint density at radius 1 is 1.00 bits per heavy atom. The highest BCUT2D eigenvalue weighted by Crippen LogP contribution is 2.48. The molecule has 10 unspecified atom stereocenters. The molecule has 12 heteroatoms. The van der Waals surface area contributed by atoms with Crippen LogP contribution < -0.4 is 15.8 Å². The van der Waals surface area contributed by atoms with Gasteiger partial charge in [-0.25, -0.2) is 0 Å². The Balaban J connectivity index is 1.23. The number of nitrogens with two attached hydrogens (primary N) is 1. The zero-order valence-corrected chi connectivity index (χ0v) is 33.0. The van der Waals surface area contributed by atoms with Gasteiger partial charge in [-0.1, -0.05) is 64.0 Å². The number of phenolic OH excluding ortho intramolecular Hbond substituents is 1. The summed E-state index contributed by atoms with van der Waals surface area (Å²) in [6, 6.07) is 7.68. The normalized spacial score (nSPS) is 33.0. The second-order valence-corrected chi connectivity index (χ2v) is 18.5. The van der Waals surface area contributed by atoms with E-state index in [-0.39, 0.29) is 48.4 Å². The van der Waals surface area contributed by atoms with Crippen LogP contribution in [0.5, 0.6) is 11.5 Å². The van der Waals surface area contributed by atoms with E-state index >= 15 is 0 Å². The SMILES string of the molecule is NC1=C2CSSCC(CO)C(O)C(Oc3cc4c(cc3O)CCC3=CC5C#CC(CCO)CCCCC(O)C5C(O)CC34)CC(Cc3ccc[nH]3)C2=CCN1. The van der Waals surface area contributed by atoms with E-state index in [1.807, 2.05) is 18.3 Å². The number of aliphatic hydroxyl groups excluding tert-OH is 5. The van der Waals surface area contributed by atoms with Crippen molar-refractivity contribution in [3.05, 3.63) is 82.0 Å². The fourth-order valence-corrected chi connectivity index (χ4v) is 11.9. The molecule has 0 spiro atoms. The summed E-state index contributed by atoms with van der Waals surface area (Å²) in [5.74, 6) is 7.57. The predicted octanol–water partition coefficient (Wildman–Crippen LogP) is 4.67. The summed E-state index contributed by atoms with van der Waals surface area (Å²) in [7, 11) is 3.25. The molecular formula is C43H57N3O7S2. The number of nitrogens with one attached hydrogen (secondary N) is 2. The van der Waals surface area contributed by atoms with E-state index in [1.165, 1.54) is 5.57 Å². The second-order valence-electron chi connectivity index (χ2n) is 16.0. The summed E-state index contributed by atoms with van der Waals surface area (Å²) in [5, 5.41) is 70.3. The number of hydrogen-bond donors (Lipinski definition) is 9. The van der Waals surface area contributed by atoms with E-state index in [1.54, 1.807) is 27.7 Å². The van der Waals surface area contributed by atoms with Crippen molar-refractivity contribution in [3.63, 3.8) is 0 Å². The standard InChI is InChI=1S/C43H57N3O7S2/c44-43-35-24-55-54-23-30(22-48)42(52)40(19-29(32(35)11-14-46-43)17-31-5-3-13-45-31)53-39-21-34-27(18-37(39)50)10-9-26-16-28-8-7-25(12-15-47)4-1-2-6-36(49)41(28)38(51)20-33(26)34/h3,5,11,13,16,18,21,25,28-30,33,36,38,40-42,45-52H,1-2,4,6,9-10,12,14-15,17,19-20,22-24,44H2. The molecule has 3 heterocycles. The molecule has 1 aromatic heterocycles. The van der Waals surface area contributed by atoms with Crippen LogP contribution in [-0.2, 0) is 12.8 Å². The fraction of sp³-hybridized carbons (Fsp3) is 0.581. The molecule has 298 valence electrons. The topological polar surface area (TPSA) is 184 Å². The molecule has 7 rings (SSSR count). The Labute approximate surface area is 332 Å². The molecule has 2 aliphatic heterocycles. The van der Waals surface area contributed by atoms with Crippen molar-refractivity contribution in [1.82, 2.24) is 10.3 Å². The lowest BCUT2D eigenvalue weighted by Crippen LogP contribution is -2.42. The number of H-pyrrole nitrogens is 1. The Kier molecular flexibility index (Phi) is 13.5. The largest absolute Gasteiger partial charge is 0.504 e. The van der Waals surface area contributed by atoms with Crippen LogP contribution in [0.15, 0.2) is 65.2 Å². The van der Waals surface area contributed by atoms with Crippen molar-refractivity contribution in [2.24, 2.45) is 35.3 Å². The highest BCUT2D eigenvalue weighted by Gasteiger charge is 2.41. The van der Waals surface area contributed by atoms with Gasteiger partial charge in [-0.2, -0.15) is 0 Å². The second kappa shape index (κ2) is 18.5. The highest BCUT2D eigenvalue weighted by atomic mass is 33.1. The minimum Gasteiger partial charge on any atom is -0.504 e. The number of benzene rings is 1. The molecule has 10 atom stereocenters. The van der Waals surface area contributed by atoms with Crippen molar-refractivity contribution in [2.75, 3.05) is 31.3 Å². The maximum Gasteiger partial charge on any atom is 0.161 e. The Bertz CT molecular complexity index is 1790. The molecule has 5 aliphatic rings. The lowest BCUT2D eigenvalue weighted by Gasteiger charge is -2.34. The van der Waals surface area contributed by atoms with Gasteiger partial charge < -0.3 is 51.4 Å². The number of fused-ring (bicyclic) bond motifs is 5. The van der Waals surface area contributed by atoms with Crippen LogP contribution in [0.4, 0.5) is 0 Å². The number of phenols is 1. The number of ether oxygens (including phenoxy) is 1. The molecule has 10 nitrogen and oxygen atoms in total. The maximum absolute atomic E-state index is 12.0. The van der Waals surface area contributed by atoms with E-state index in [2.05, 4.69) is 40.4 Å². The lowest BCUT2D eigenvalue weighted by atomic mass is 9.76. The van der Waals surface area contributed by atoms with Gasteiger partial charge in [0.2, 0.25) is 0 Å². The summed E-state index contributed by atoms with van der Waals surface area (Å²) >= 11 is 0. The summed E-state index contributed by atoms with van der Waals surface area (Å²) in [6.45, 7) is 0.467. The first kappa shape index (κ1) is 40.2. The number of hydrogen-bond acceptors (Lipinski definition) is 11. The van der Waals surface area contributed by atoms with E-state index < -0.39 is 36.3 Å². The zero-order chi connectivity index (χ0) is 38.5. The van der Waals surface area contributed by atoms with Gasteiger partial charge in [-0.3, -0.25) is 0 Å². The fourth-order valence-electron chi connectivity index (χ4n) is 9.41. The molecule has 0 amide bonds. The first-order valence-corrected chi connectivity index (χ1v) is 22.5. The van der Waals surface area contributed by atoms with Crippen molar-refractivity contribution in [2.45, 2.75) is 94.5 Å². The van der Waals surface area contributed by atoms with Crippen LogP contribution in [0.2, 0.25) is 0 Å². The number of rotatable bonds is 7. The number of dihydropyridines is 1. The molecule has 1 fully saturated rings. The Morgan fingerprint density at radius 3 is 2.65 bits per heavy atom. The first-order chi connectivity index (χ1) is 26.7. The molecule has 1 aromatic carbocycles. The summed E-state index contributed by atoms with van der Waals surface area (Å²) in [5.41, 5.74) is 12.9. The number of aliphatic hydroxyl groups is 5. The summed E-state index contributed by atoms with van der Waals surface area (Å²) < 4.78 is 6.78. The van der Waals surface area contributed by atoms with Gasteiger partial charge >= 0.3 is 0 Å². The van der Waals surface area contributed by atoms with Gasteiger partial charge in [0, 0.05) is 78.3 Å². The first-order valence-electron chi connectivity index (χ1n) is 20.0. The average molecular weight is 792 g/mol. The number of aryl methyl sites for hydroxylation is 1. The van der Waals surface area contributed by atoms with Gasteiger partial charge in [0.25, 0.3) is 0 Å². The van der Waals surface area contributed by atoms with Crippen LogP contribution in [0.3, 0.4) is 0 Å². The number of aromatic hydroxyl groups is 1. The third-order valence-corrected chi connectivity index (χ3v) is 14.9. The predicted molar refractivity (Wildman–Crippen MR) is 218 cm³/mol. The van der Waals surface area contributed by atoms with Crippen molar-refractivity contribution >= 4 is 21.6 Å². The molecule has 3 aliphatic carbocycles. The van der Waals surface area contributed by atoms with Crippen LogP contribution in [0.1, 0.15) is 74.1 Å². The molecular weight excluding hydrogens is 735 g/mol. The molecule has 55 heavy (non-hydrogen) atoms. The lowest BCUT2D eigenvalue weighted by molar-refractivity contribution is -0.0214. The molecule has 1 saturated heterocycles. The molecule has 0 bridgehead atoms.